The molecule has 1 fully saturated rings. The third-order valence-corrected chi connectivity index (χ3v) is 2.75. The number of phenolic OH excluding ortho intramolecular Hbond substituents is 1. The van der Waals surface area contributed by atoms with Crippen molar-refractivity contribution in [1.29, 1.82) is 0 Å². The maximum atomic E-state index is 9.29. The van der Waals surface area contributed by atoms with Crippen molar-refractivity contribution >= 4 is 0 Å². The van der Waals surface area contributed by atoms with Crippen molar-refractivity contribution in [2.75, 3.05) is 6.54 Å². The van der Waals surface area contributed by atoms with Crippen LogP contribution in [0.5, 0.6) is 5.75 Å². The summed E-state index contributed by atoms with van der Waals surface area (Å²) >= 11 is 0. The Hall–Kier alpha value is -1.28. The van der Waals surface area contributed by atoms with Crippen LogP contribution in [0, 0.1) is 0 Å². The second kappa shape index (κ2) is 5.71. The third kappa shape index (κ3) is 4.07. The summed E-state index contributed by atoms with van der Waals surface area (Å²) in [6, 6.07) is 8.23. The Morgan fingerprint density at radius 1 is 1.31 bits per heavy atom. The number of aromatic hydroxyl groups is 1. The van der Waals surface area contributed by atoms with Crippen LogP contribution in [0.25, 0.3) is 0 Å². The first-order valence-corrected chi connectivity index (χ1v) is 6.01. The van der Waals surface area contributed by atoms with Gasteiger partial charge in [-0.05, 0) is 49.9 Å². The van der Waals surface area contributed by atoms with E-state index < -0.39 is 0 Å². The lowest BCUT2D eigenvalue weighted by Gasteiger charge is -1.98. The fraction of sp³-hybridized carbons (Fsp3) is 0.429. The number of phenols is 1. The van der Waals surface area contributed by atoms with E-state index >= 15 is 0 Å². The number of hydrogen-bond acceptors (Lipinski definition) is 2. The van der Waals surface area contributed by atoms with Crippen LogP contribution >= 0.6 is 0 Å². The Morgan fingerprint density at radius 2 is 2.19 bits per heavy atom. The molecule has 0 aromatic heterocycles. The van der Waals surface area contributed by atoms with E-state index in [2.05, 4.69) is 17.5 Å². The highest BCUT2D eigenvalue weighted by Gasteiger charge is 2.19. The van der Waals surface area contributed by atoms with Crippen molar-refractivity contribution in [3.63, 3.8) is 0 Å². The van der Waals surface area contributed by atoms with Crippen molar-refractivity contribution in [1.82, 2.24) is 5.32 Å². The fourth-order valence-corrected chi connectivity index (χ4v) is 1.68. The zero-order valence-electron chi connectivity index (χ0n) is 9.52. The van der Waals surface area contributed by atoms with Gasteiger partial charge >= 0.3 is 0 Å². The molecule has 2 nitrogen and oxygen atoms in total. The average Bonchev–Trinajstić information content (AvgIpc) is 3.07. The van der Waals surface area contributed by atoms with E-state index in [-0.39, 0.29) is 0 Å². The van der Waals surface area contributed by atoms with E-state index in [0.717, 1.165) is 31.0 Å². The van der Waals surface area contributed by atoms with E-state index in [0.29, 0.717) is 5.75 Å². The van der Waals surface area contributed by atoms with Gasteiger partial charge in [-0.15, -0.1) is 0 Å². The van der Waals surface area contributed by atoms with Crippen LogP contribution < -0.4 is 5.32 Å². The molecule has 2 N–H and O–H groups in total. The Bertz CT molecular complexity index is 356. The first-order chi connectivity index (χ1) is 7.84. The molecule has 0 spiro atoms. The van der Waals surface area contributed by atoms with Crippen LogP contribution in [0.2, 0.25) is 0 Å². The van der Waals surface area contributed by atoms with Gasteiger partial charge in [0.1, 0.15) is 5.75 Å². The summed E-state index contributed by atoms with van der Waals surface area (Å²) in [5.74, 6) is 0.348. The van der Waals surface area contributed by atoms with Crippen LogP contribution in [0.15, 0.2) is 36.4 Å². The molecule has 1 saturated carbocycles. The molecule has 2 rings (SSSR count). The maximum Gasteiger partial charge on any atom is 0.115 e. The molecule has 2 heteroatoms. The SMILES string of the molecule is Oc1cccc(CC=CCCNC2CC2)c1. The summed E-state index contributed by atoms with van der Waals surface area (Å²) in [6.45, 7) is 1.08. The number of rotatable bonds is 6. The topological polar surface area (TPSA) is 32.3 Å². The molecule has 1 aliphatic rings. The summed E-state index contributed by atoms with van der Waals surface area (Å²) in [4.78, 5) is 0. The van der Waals surface area contributed by atoms with E-state index in [4.69, 9.17) is 0 Å². The number of nitrogens with one attached hydrogen (secondary N) is 1. The number of hydrogen-bond donors (Lipinski definition) is 2. The number of allylic oxidation sites excluding steroid dienone is 1. The molecule has 16 heavy (non-hydrogen) atoms. The summed E-state index contributed by atoms with van der Waals surface area (Å²) in [5.41, 5.74) is 1.16. The Kier molecular flexibility index (Phi) is 4.00. The molecule has 86 valence electrons. The van der Waals surface area contributed by atoms with Crippen molar-refractivity contribution in [3.05, 3.63) is 42.0 Å². The minimum Gasteiger partial charge on any atom is -0.508 e. The van der Waals surface area contributed by atoms with Gasteiger partial charge in [-0.2, -0.15) is 0 Å². The lowest BCUT2D eigenvalue weighted by atomic mass is 10.1. The average molecular weight is 217 g/mol. The minimum atomic E-state index is 0.348. The fourth-order valence-electron chi connectivity index (χ4n) is 1.68. The van der Waals surface area contributed by atoms with Gasteiger partial charge in [0.05, 0.1) is 0 Å². The second-order valence-electron chi connectivity index (χ2n) is 4.36. The molecule has 0 bridgehead atoms. The van der Waals surface area contributed by atoms with Gasteiger partial charge in [-0.3, -0.25) is 0 Å². The Labute approximate surface area is 97.0 Å². The van der Waals surface area contributed by atoms with Gasteiger partial charge in [0, 0.05) is 6.04 Å². The standard InChI is InChI=1S/C14H19NO/c16-14-7-4-6-12(11-14)5-2-1-3-10-15-13-8-9-13/h1-2,4,6-7,11,13,15-16H,3,5,8-10H2. The summed E-state index contributed by atoms with van der Waals surface area (Å²) in [5, 5.41) is 12.8. The summed E-state index contributed by atoms with van der Waals surface area (Å²) < 4.78 is 0. The van der Waals surface area contributed by atoms with Crippen LogP contribution in [0.1, 0.15) is 24.8 Å². The lowest BCUT2D eigenvalue weighted by molar-refractivity contribution is 0.474. The molecular weight excluding hydrogens is 198 g/mol. The highest BCUT2D eigenvalue weighted by molar-refractivity contribution is 5.28. The van der Waals surface area contributed by atoms with E-state index in [1.165, 1.54) is 12.8 Å². The Morgan fingerprint density at radius 3 is 2.94 bits per heavy atom. The maximum absolute atomic E-state index is 9.29. The first kappa shape index (κ1) is 11.2. The van der Waals surface area contributed by atoms with Gasteiger partial charge in [-0.1, -0.05) is 24.3 Å². The normalized spacial score (nSPS) is 15.8. The zero-order chi connectivity index (χ0) is 11.2. The third-order valence-electron chi connectivity index (χ3n) is 2.75. The van der Waals surface area contributed by atoms with Gasteiger partial charge in [0.15, 0.2) is 0 Å². The van der Waals surface area contributed by atoms with Crippen molar-refractivity contribution in [3.8, 4) is 5.75 Å². The Balaban J connectivity index is 1.63. The smallest absolute Gasteiger partial charge is 0.115 e. The monoisotopic (exact) mass is 217 g/mol. The van der Waals surface area contributed by atoms with E-state index in [9.17, 15) is 5.11 Å². The second-order valence-corrected chi connectivity index (χ2v) is 4.36. The summed E-state index contributed by atoms with van der Waals surface area (Å²) in [6.07, 6.45) is 9.08. The molecule has 0 amide bonds. The minimum absolute atomic E-state index is 0.348. The zero-order valence-corrected chi connectivity index (χ0v) is 9.52. The quantitative estimate of drug-likeness (QED) is 0.567. The van der Waals surface area contributed by atoms with Gasteiger partial charge < -0.3 is 10.4 Å². The van der Waals surface area contributed by atoms with Crippen LogP contribution in [0.4, 0.5) is 0 Å². The molecule has 0 radical (unpaired) electrons. The highest BCUT2D eigenvalue weighted by atomic mass is 16.3. The molecule has 0 heterocycles. The highest BCUT2D eigenvalue weighted by Crippen LogP contribution is 2.18. The predicted octanol–water partition coefficient (Wildman–Crippen LogP) is 2.63. The van der Waals surface area contributed by atoms with Gasteiger partial charge in [-0.25, -0.2) is 0 Å². The van der Waals surface area contributed by atoms with Crippen molar-refractivity contribution < 1.29 is 5.11 Å². The summed E-state index contributed by atoms with van der Waals surface area (Å²) in [7, 11) is 0. The molecule has 1 aromatic carbocycles. The van der Waals surface area contributed by atoms with E-state index in [1.54, 1.807) is 6.07 Å². The van der Waals surface area contributed by atoms with Crippen molar-refractivity contribution in [2.45, 2.75) is 31.7 Å². The van der Waals surface area contributed by atoms with Crippen LogP contribution in [-0.4, -0.2) is 17.7 Å². The van der Waals surface area contributed by atoms with Gasteiger partial charge in [0.25, 0.3) is 0 Å². The lowest BCUT2D eigenvalue weighted by Crippen LogP contribution is -2.16. The molecule has 1 aromatic rings. The molecule has 1 aliphatic carbocycles. The van der Waals surface area contributed by atoms with Gasteiger partial charge in [0.2, 0.25) is 0 Å². The molecule has 0 atom stereocenters. The number of benzene rings is 1. The van der Waals surface area contributed by atoms with E-state index in [1.807, 2.05) is 18.2 Å². The predicted molar refractivity (Wildman–Crippen MR) is 66.6 cm³/mol. The van der Waals surface area contributed by atoms with Crippen LogP contribution in [-0.2, 0) is 6.42 Å². The van der Waals surface area contributed by atoms with Crippen LogP contribution in [0.3, 0.4) is 0 Å². The molecule has 0 unspecified atom stereocenters. The molecular formula is C14H19NO. The molecule has 0 aliphatic heterocycles. The first-order valence-electron chi connectivity index (χ1n) is 6.01. The largest absolute Gasteiger partial charge is 0.508 e. The van der Waals surface area contributed by atoms with Crippen molar-refractivity contribution in [2.24, 2.45) is 0 Å². The molecule has 0 saturated heterocycles.